The maximum Gasteiger partial charge on any atom is 0.221 e. The number of ether oxygens (including phenoxy) is 1. The number of hydrogen-bond donors (Lipinski definition) is 2. The summed E-state index contributed by atoms with van der Waals surface area (Å²) in [6, 6.07) is 9.37. The van der Waals surface area contributed by atoms with E-state index >= 15 is 0 Å². The highest BCUT2D eigenvalue weighted by Gasteiger charge is 2.41. The lowest BCUT2D eigenvalue weighted by atomic mass is 10.1. The second-order valence-corrected chi connectivity index (χ2v) is 6.45. The quantitative estimate of drug-likeness (QED) is 0.744. The largest absolute Gasteiger partial charge is 0.490 e. The van der Waals surface area contributed by atoms with Crippen LogP contribution in [0.15, 0.2) is 36.5 Å². The van der Waals surface area contributed by atoms with Crippen LogP contribution in [0.1, 0.15) is 19.8 Å². The van der Waals surface area contributed by atoms with Gasteiger partial charge < -0.3 is 15.4 Å². The molecular weight excluding hydrogens is 361 g/mol. The third-order valence-electron chi connectivity index (χ3n) is 4.21. The molecule has 1 aromatic carbocycles. The predicted octanol–water partition coefficient (Wildman–Crippen LogP) is 3.91. The number of halogens is 2. The van der Waals surface area contributed by atoms with Crippen LogP contribution in [-0.2, 0) is 4.79 Å². The van der Waals surface area contributed by atoms with Gasteiger partial charge in [0, 0.05) is 18.2 Å². The van der Waals surface area contributed by atoms with Crippen molar-refractivity contribution in [3.63, 3.8) is 0 Å². The summed E-state index contributed by atoms with van der Waals surface area (Å²) in [5.74, 6) is 0.566. The average Bonchev–Trinajstić information content (AvgIpc) is 3.34. The van der Waals surface area contributed by atoms with Gasteiger partial charge in [-0.15, -0.1) is 12.4 Å². The Balaban J connectivity index is 0.00000225. The Hall–Kier alpha value is -1.82. The van der Waals surface area contributed by atoms with E-state index in [9.17, 15) is 4.79 Å². The van der Waals surface area contributed by atoms with Gasteiger partial charge in [-0.3, -0.25) is 4.79 Å². The molecule has 5 nitrogen and oxygen atoms in total. The summed E-state index contributed by atoms with van der Waals surface area (Å²) < 4.78 is 5.88. The summed E-state index contributed by atoms with van der Waals surface area (Å²) in [6.07, 6.45) is 3.88. The zero-order valence-corrected chi connectivity index (χ0v) is 15.7. The maximum atomic E-state index is 11.2. The van der Waals surface area contributed by atoms with Gasteiger partial charge in [0.15, 0.2) is 0 Å². The van der Waals surface area contributed by atoms with E-state index in [2.05, 4.69) is 15.6 Å². The van der Waals surface area contributed by atoms with Gasteiger partial charge in [-0.1, -0.05) is 23.7 Å². The SMILES string of the molecule is CNC1(COc2cnc(Cl)c(-c3cccc(NC(C)=O)c3)c2)CC1.Cl. The minimum absolute atomic E-state index is 0. The molecule has 0 radical (unpaired) electrons. The molecule has 2 aromatic rings. The highest BCUT2D eigenvalue weighted by Crippen LogP contribution is 2.36. The van der Waals surface area contributed by atoms with Gasteiger partial charge in [0.1, 0.15) is 17.5 Å². The molecule has 0 unspecified atom stereocenters. The molecule has 1 fully saturated rings. The second-order valence-electron chi connectivity index (χ2n) is 6.09. The number of aromatic nitrogens is 1. The lowest BCUT2D eigenvalue weighted by molar-refractivity contribution is -0.114. The van der Waals surface area contributed by atoms with Crippen LogP contribution in [0.4, 0.5) is 5.69 Å². The van der Waals surface area contributed by atoms with E-state index < -0.39 is 0 Å². The number of carbonyl (C=O) groups excluding carboxylic acids is 1. The molecule has 3 rings (SSSR count). The molecule has 0 atom stereocenters. The lowest BCUT2D eigenvalue weighted by Gasteiger charge is -2.16. The Morgan fingerprint density at radius 2 is 2.12 bits per heavy atom. The van der Waals surface area contributed by atoms with Gasteiger partial charge in [0.05, 0.1) is 11.7 Å². The van der Waals surface area contributed by atoms with Crippen molar-refractivity contribution in [3.05, 3.63) is 41.7 Å². The second kappa shape index (κ2) is 8.04. The van der Waals surface area contributed by atoms with Crippen molar-refractivity contribution in [2.75, 3.05) is 19.0 Å². The van der Waals surface area contributed by atoms with Crippen LogP contribution in [-0.4, -0.2) is 30.1 Å². The van der Waals surface area contributed by atoms with Crippen LogP contribution >= 0.6 is 24.0 Å². The molecule has 1 aromatic heterocycles. The summed E-state index contributed by atoms with van der Waals surface area (Å²) in [4.78, 5) is 15.4. The molecular formula is C18H21Cl2N3O2. The summed E-state index contributed by atoms with van der Waals surface area (Å²) in [5, 5.41) is 6.46. The minimum atomic E-state index is -0.116. The number of likely N-dealkylation sites (N-methyl/N-ethyl adjacent to an activating group) is 1. The number of nitrogens with one attached hydrogen (secondary N) is 2. The lowest BCUT2D eigenvalue weighted by Crippen LogP contribution is -2.33. The fourth-order valence-electron chi connectivity index (χ4n) is 2.52. The van der Waals surface area contributed by atoms with Crippen molar-refractivity contribution in [1.82, 2.24) is 10.3 Å². The smallest absolute Gasteiger partial charge is 0.221 e. The number of amides is 1. The molecule has 0 aliphatic heterocycles. The Bertz CT molecular complexity index is 764. The molecule has 25 heavy (non-hydrogen) atoms. The molecule has 134 valence electrons. The van der Waals surface area contributed by atoms with Crippen molar-refractivity contribution in [3.8, 4) is 16.9 Å². The fourth-order valence-corrected chi connectivity index (χ4v) is 2.73. The van der Waals surface area contributed by atoms with Gasteiger partial charge in [0.25, 0.3) is 0 Å². The maximum absolute atomic E-state index is 11.2. The topological polar surface area (TPSA) is 63.2 Å². The first-order chi connectivity index (χ1) is 11.5. The predicted molar refractivity (Wildman–Crippen MR) is 103 cm³/mol. The van der Waals surface area contributed by atoms with Crippen LogP contribution in [0.25, 0.3) is 11.1 Å². The summed E-state index contributed by atoms with van der Waals surface area (Å²) in [7, 11) is 1.95. The standard InChI is InChI=1S/C18H20ClN3O2.ClH/c1-12(23)22-14-5-3-4-13(8-14)16-9-15(10-21-17(16)19)24-11-18(20-2)6-7-18;/h3-5,8-10,20H,6-7,11H2,1-2H3,(H,22,23);1H. The zero-order chi connectivity index (χ0) is 17.2. The Morgan fingerprint density at radius 1 is 1.36 bits per heavy atom. The van der Waals surface area contributed by atoms with Crippen LogP contribution in [0.3, 0.4) is 0 Å². The third kappa shape index (κ3) is 4.84. The number of rotatable bonds is 6. The molecule has 1 heterocycles. The highest BCUT2D eigenvalue weighted by atomic mass is 35.5. The van der Waals surface area contributed by atoms with E-state index in [0.29, 0.717) is 17.5 Å². The van der Waals surface area contributed by atoms with Crippen molar-refractivity contribution >= 4 is 35.6 Å². The van der Waals surface area contributed by atoms with E-state index in [1.807, 2.05) is 37.4 Å². The first kappa shape index (κ1) is 19.5. The van der Waals surface area contributed by atoms with Crippen molar-refractivity contribution in [1.29, 1.82) is 0 Å². The molecule has 1 amide bonds. The molecule has 0 saturated heterocycles. The summed E-state index contributed by atoms with van der Waals surface area (Å²) in [6.45, 7) is 2.09. The van der Waals surface area contributed by atoms with Gasteiger partial charge in [0.2, 0.25) is 5.91 Å². The number of nitrogens with zero attached hydrogens (tertiary/aromatic N) is 1. The Morgan fingerprint density at radius 3 is 2.76 bits per heavy atom. The first-order valence-corrected chi connectivity index (χ1v) is 8.24. The van der Waals surface area contributed by atoms with Crippen molar-refractivity contribution < 1.29 is 9.53 Å². The molecule has 0 bridgehead atoms. The number of carbonyl (C=O) groups is 1. The van der Waals surface area contributed by atoms with Crippen molar-refractivity contribution in [2.24, 2.45) is 0 Å². The van der Waals surface area contributed by atoms with E-state index in [4.69, 9.17) is 16.3 Å². The van der Waals surface area contributed by atoms with E-state index in [1.54, 1.807) is 6.20 Å². The molecule has 7 heteroatoms. The minimum Gasteiger partial charge on any atom is -0.490 e. The van der Waals surface area contributed by atoms with Crippen LogP contribution < -0.4 is 15.4 Å². The summed E-state index contributed by atoms with van der Waals surface area (Å²) >= 11 is 6.25. The molecule has 2 N–H and O–H groups in total. The van der Waals surface area contributed by atoms with Crippen LogP contribution in [0.2, 0.25) is 5.15 Å². The van der Waals surface area contributed by atoms with Gasteiger partial charge >= 0.3 is 0 Å². The Kier molecular flexibility index (Phi) is 6.27. The van der Waals surface area contributed by atoms with Gasteiger partial charge in [-0.25, -0.2) is 4.98 Å². The van der Waals surface area contributed by atoms with E-state index in [-0.39, 0.29) is 23.9 Å². The highest BCUT2D eigenvalue weighted by molar-refractivity contribution is 6.32. The molecule has 1 aliphatic rings. The summed E-state index contributed by atoms with van der Waals surface area (Å²) in [5.41, 5.74) is 2.47. The zero-order valence-electron chi connectivity index (χ0n) is 14.1. The van der Waals surface area contributed by atoms with Crippen LogP contribution in [0, 0.1) is 0 Å². The number of hydrogen-bond acceptors (Lipinski definition) is 4. The molecule has 0 spiro atoms. The molecule has 1 saturated carbocycles. The Labute approximate surface area is 158 Å². The van der Waals surface area contributed by atoms with Gasteiger partial charge in [-0.05, 0) is 43.7 Å². The van der Waals surface area contributed by atoms with Crippen LogP contribution in [0.5, 0.6) is 5.75 Å². The third-order valence-corrected chi connectivity index (χ3v) is 4.51. The monoisotopic (exact) mass is 381 g/mol. The van der Waals surface area contributed by atoms with Crippen molar-refractivity contribution in [2.45, 2.75) is 25.3 Å². The number of pyridine rings is 1. The fraction of sp³-hybridized carbons (Fsp3) is 0.333. The molecule has 1 aliphatic carbocycles. The first-order valence-electron chi connectivity index (χ1n) is 7.87. The number of anilines is 1. The normalized spacial score (nSPS) is 14.4. The number of benzene rings is 1. The average molecular weight is 382 g/mol. The van der Waals surface area contributed by atoms with E-state index in [0.717, 1.165) is 29.7 Å². The van der Waals surface area contributed by atoms with Gasteiger partial charge in [-0.2, -0.15) is 0 Å². The van der Waals surface area contributed by atoms with E-state index in [1.165, 1.54) is 6.92 Å².